The van der Waals surface area contributed by atoms with Gasteiger partial charge in [-0.05, 0) is 54.9 Å². The van der Waals surface area contributed by atoms with E-state index in [4.69, 9.17) is 16.6 Å². The first-order chi connectivity index (χ1) is 12.4. The molecule has 0 bridgehead atoms. The van der Waals surface area contributed by atoms with Gasteiger partial charge >= 0.3 is 0 Å². The topological polar surface area (TPSA) is 24.7 Å². The molecule has 0 amide bonds. The SMILES string of the molecule is C=CN=C(/C(=C\C)C1=Nc2ccc(Cl)cc2C(C)C1)C(C)C.CC1CC1. The summed E-state index contributed by atoms with van der Waals surface area (Å²) in [5.41, 5.74) is 5.50. The second-order valence-electron chi connectivity index (χ2n) is 7.60. The molecule has 1 aromatic rings. The number of nitrogens with zero attached hydrogens (tertiary/aromatic N) is 2. The third-order valence-corrected chi connectivity index (χ3v) is 5.03. The first-order valence-electron chi connectivity index (χ1n) is 9.60. The molecule has 1 aromatic carbocycles. The second kappa shape index (κ2) is 9.32. The average Bonchev–Trinajstić information content (AvgIpc) is 3.38. The number of allylic oxidation sites excluding steroid dienone is 2. The van der Waals surface area contributed by atoms with E-state index < -0.39 is 0 Å². The van der Waals surface area contributed by atoms with E-state index in [1.807, 2.05) is 25.1 Å². The summed E-state index contributed by atoms with van der Waals surface area (Å²) in [6, 6.07) is 5.93. The summed E-state index contributed by atoms with van der Waals surface area (Å²) in [4.78, 5) is 9.34. The fourth-order valence-electron chi connectivity index (χ4n) is 3.04. The predicted octanol–water partition coefficient (Wildman–Crippen LogP) is 7.52. The standard InChI is InChI=1S/C19H23ClN2.C4H8/c1-6-15(19(12(3)4)21-7-2)18-10-13(5)16-11-14(20)8-9-17(16)22-18;1-4-2-3-4/h6-9,11-13H,2,10H2,1,3-5H3;4H,2-3H2,1H3/b15-6-,21-19?;. The summed E-state index contributed by atoms with van der Waals surface area (Å²) in [6.07, 6.45) is 7.59. The predicted molar refractivity (Wildman–Crippen MR) is 116 cm³/mol. The molecule has 26 heavy (non-hydrogen) atoms. The van der Waals surface area contributed by atoms with Crippen LogP contribution in [0.4, 0.5) is 5.69 Å². The van der Waals surface area contributed by atoms with Gasteiger partial charge in [-0.25, -0.2) is 0 Å². The van der Waals surface area contributed by atoms with Crippen molar-refractivity contribution in [2.24, 2.45) is 21.8 Å². The molecule has 140 valence electrons. The Bertz CT molecular complexity index is 737. The molecule has 2 aliphatic rings. The maximum Gasteiger partial charge on any atom is 0.0669 e. The van der Waals surface area contributed by atoms with Crippen LogP contribution >= 0.6 is 11.6 Å². The molecule has 0 N–H and O–H groups in total. The summed E-state index contributed by atoms with van der Waals surface area (Å²) >= 11 is 6.11. The van der Waals surface area contributed by atoms with Gasteiger partial charge in [-0.1, -0.05) is 64.8 Å². The summed E-state index contributed by atoms with van der Waals surface area (Å²) < 4.78 is 0. The molecule has 1 aliphatic carbocycles. The second-order valence-corrected chi connectivity index (χ2v) is 8.04. The number of hydrogen-bond donors (Lipinski definition) is 0. The fraction of sp³-hybridized carbons (Fsp3) is 0.478. The molecule has 1 fully saturated rings. The Morgan fingerprint density at radius 1 is 1.31 bits per heavy atom. The van der Waals surface area contributed by atoms with Crippen LogP contribution in [0, 0.1) is 11.8 Å². The molecule has 1 unspecified atom stereocenters. The smallest absolute Gasteiger partial charge is 0.0669 e. The van der Waals surface area contributed by atoms with E-state index in [1.54, 1.807) is 6.20 Å². The maximum absolute atomic E-state index is 6.11. The maximum atomic E-state index is 6.11. The molecule has 1 aliphatic heterocycles. The van der Waals surface area contributed by atoms with Gasteiger partial charge in [0.15, 0.2) is 0 Å². The molecule has 1 heterocycles. The van der Waals surface area contributed by atoms with Crippen molar-refractivity contribution < 1.29 is 0 Å². The molecule has 0 saturated heterocycles. The van der Waals surface area contributed by atoms with E-state index in [0.29, 0.717) is 11.8 Å². The van der Waals surface area contributed by atoms with Gasteiger partial charge in [0, 0.05) is 16.8 Å². The Balaban J connectivity index is 0.000000534. The Morgan fingerprint density at radius 3 is 2.46 bits per heavy atom. The molecule has 1 saturated carbocycles. The van der Waals surface area contributed by atoms with Crippen molar-refractivity contribution >= 4 is 28.7 Å². The van der Waals surface area contributed by atoms with Crippen LogP contribution in [-0.2, 0) is 0 Å². The summed E-state index contributed by atoms with van der Waals surface area (Å²) in [5.74, 6) is 1.81. The molecule has 3 heteroatoms. The zero-order valence-corrected chi connectivity index (χ0v) is 17.5. The highest BCUT2D eigenvalue weighted by molar-refractivity contribution is 6.31. The minimum atomic E-state index is 0.328. The summed E-state index contributed by atoms with van der Waals surface area (Å²) in [7, 11) is 0. The van der Waals surface area contributed by atoms with E-state index in [0.717, 1.165) is 40.0 Å². The zero-order valence-electron chi connectivity index (χ0n) is 16.7. The van der Waals surface area contributed by atoms with Crippen molar-refractivity contribution in [1.82, 2.24) is 0 Å². The van der Waals surface area contributed by atoms with Crippen molar-refractivity contribution in [3.63, 3.8) is 0 Å². The van der Waals surface area contributed by atoms with E-state index in [9.17, 15) is 0 Å². The highest BCUT2D eigenvalue weighted by Gasteiger charge is 2.24. The first kappa shape index (κ1) is 20.6. The quantitative estimate of drug-likeness (QED) is 0.489. The number of hydrogen-bond acceptors (Lipinski definition) is 2. The van der Waals surface area contributed by atoms with Gasteiger partial charge in [0.1, 0.15) is 0 Å². The highest BCUT2D eigenvalue weighted by atomic mass is 35.5. The van der Waals surface area contributed by atoms with Gasteiger partial charge in [0.2, 0.25) is 0 Å². The van der Waals surface area contributed by atoms with E-state index in [1.165, 1.54) is 18.4 Å². The Kier molecular flexibility index (Phi) is 7.40. The molecule has 0 radical (unpaired) electrons. The van der Waals surface area contributed by atoms with Crippen LogP contribution in [0.2, 0.25) is 5.02 Å². The van der Waals surface area contributed by atoms with E-state index >= 15 is 0 Å². The Hall–Kier alpha value is -1.67. The highest BCUT2D eigenvalue weighted by Crippen LogP contribution is 2.37. The largest absolute Gasteiger partial charge is 0.261 e. The lowest BCUT2D eigenvalue weighted by Crippen LogP contribution is -2.21. The molecule has 0 aromatic heterocycles. The van der Waals surface area contributed by atoms with Crippen LogP contribution in [0.1, 0.15) is 65.4 Å². The fourth-order valence-corrected chi connectivity index (χ4v) is 3.22. The molecular formula is C23H31ClN2. The van der Waals surface area contributed by atoms with Gasteiger partial charge in [-0.15, -0.1) is 0 Å². The van der Waals surface area contributed by atoms with Crippen molar-refractivity contribution in [3.8, 4) is 0 Å². The van der Waals surface area contributed by atoms with E-state index in [-0.39, 0.29) is 0 Å². The van der Waals surface area contributed by atoms with Crippen molar-refractivity contribution in [1.29, 1.82) is 0 Å². The molecule has 0 spiro atoms. The lowest BCUT2D eigenvalue weighted by Gasteiger charge is -2.25. The minimum Gasteiger partial charge on any atom is -0.261 e. The van der Waals surface area contributed by atoms with Crippen molar-refractivity contribution in [2.75, 3.05) is 0 Å². The number of benzene rings is 1. The van der Waals surface area contributed by atoms with Gasteiger partial charge < -0.3 is 0 Å². The average molecular weight is 371 g/mol. The first-order valence-corrected chi connectivity index (χ1v) is 9.97. The summed E-state index contributed by atoms with van der Waals surface area (Å²) in [5, 5.41) is 0.770. The van der Waals surface area contributed by atoms with Crippen LogP contribution in [0.25, 0.3) is 0 Å². The molecule has 1 atom stereocenters. The van der Waals surface area contributed by atoms with Gasteiger partial charge in [0.05, 0.1) is 17.1 Å². The lowest BCUT2D eigenvalue weighted by molar-refractivity contribution is 0.790. The van der Waals surface area contributed by atoms with Crippen molar-refractivity contribution in [2.45, 2.75) is 59.8 Å². The number of rotatable bonds is 4. The molecule has 2 nitrogen and oxygen atoms in total. The zero-order chi connectivity index (χ0) is 19.3. The van der Waals surface area contributed by atoms with Crippen molar-refractivity contribution in [3.05, 3.63) is 53.2 Å². The van der Waals surface area contributed by atoms with Crippen LogP contribution in [-0.4, -0.2) is 11.4 Å². The Morgan fingerprint density at radius 2 is 1.96 bits per heavy atom. The van der Waals surface area contributed by atoms with Gasteiger partial charge in [0.25, 0.3) is 0 Å². The minimum absolute atomic E-state index is 0.328. The van der Waals surface area contributed by atoms with Gasteiger partial charge in [-0.2, -0.15) is 0 Å². The van der Waals surface area contributed by atoms with Crippen LogP contribution in [0.15, 0.2) is 52.6 Å². The van der Waals surface area contributed by atoms with Gasteiger partial charge in [-0.3, -0.25) is 9.98 Å². The molecule has 3 rings (SSSR count). The molecular weight excluding hydrogens is 340 g/mol. The third kappa shape index (κ3) is 5.41. The van der Waals surface area contributed by atoms with Crippen LogP contribution in [0.3, 0.4) is 0 Å². The third-order valence-electron chi connectivity index (χ3n) is 4.79. The number of aliphatic imine (C=N–C) groups is 2. The normalized spacial score (nSPS) is 20.1. The van der Waals surface area contributed by atoms with Crippen LogP contribution < -0.4 is 0 Å². The number of fused-ring (bicyclic) bond motifs is 1. The van der Waals surface area contributed by atoms with Crippen LogP contribution in [0.5, 0.6) is 0 Å². The summed E-state index contributed by atoms with van der Waals surface area (Å²) in [6.45, 7) is 14.6. The lowest BCUT2D eigenvalue weighted by atomic mass is 9.85. The Labute approximate surface area is 163 Å². The number of halogens is 1. The monoisotopic (exact) mass is 370 g/mol. The van der Waals surface area contributed by atoms with E-state index in [2.05, 4.69) is 45.3 Å².